The second-order valence-corrected chi connectivity index (χ2v) is 5.36. The number of benzene rings is 2. The van der Waals surface area contributed by atoms with Crippen molar-refractivity contribution in [3.05, 3.63) is 65.5 Å². The van der Waals surface area contributed by atoms with Crippen LogP contribution in [0.3, 0.4) is 0 Å². The van der Waals surface area contributed by atoms with Gasteiger partial charge in [-0.2, -0.15) is 0 Å². The number of rotatable bonds is 5. The van der Waals surface area contributed by atoms with E-state index in [0.29, 0.717) is 28.9 Å². The molecule has 0 atom stereocenters. The van der Waals surface area contributed by atoms with E-state index in [1.807, 2.05) is 30.3 Å². The molecule has 5 nitrogen and oxygen atoms in total. The first-order valence-electron chi connectivity index (χ1n) is 7.14. The van der Waals surface area contributed by atoms with E-state index in [1.54, 1.807) is 24.3 Å². The van der Waals surface area contributed by atoms with E-state index < -0.39 is 0 Å². The van der Waals surface area contributed by atoms with Crippen LogP contribution in [0.1, 0.15) is 12.3 Å². The zero-order valence-corrected chi connectivity index (χ0v) is 13.0. The van der Waals surface area contributed by atoms with Gasteiger partial charge in [-0.05, 0) is 36.4 Å². The Balaban J connectivity index is 1.55. The van der Waals surface area contributed by atoms with Crippen LogP contribution in [-0.4, -0.2) is 16.1 Å². The standard InChI is InChI=1S/C17H14ClN3O2/c18-13-6-8-14(9-7-13)19-15(22)10-11-16-20-21-17(23-16)12-4-2-1-3-5-12/h1-9H,10-11H2,(H,19,22). The predicted molar refractivity (Wildman–Crippen MR) is 88.1 cm³/mol. The molecule has 1 amide bonds. The van der Waals surface area contributed by atoms with Gasteiger partial charge in [-0.25, -0.2) is 0 Å². The van der Waals surface area contributed by atoms with Crippen molar-refractivity contribution >= 4 is 23.2 Å². The van der Waals surface area contributed by atoms with Crippen molar-refractivity contribution in [3.63, 3.8) is 0 Å². The molecule has 0 saturated heterocycles. The van der Waals surface area contributed by atoms with Gasteiger partial charge in [0.2, 0.25) is 17.7 Å². The first-order chi connectivity index (χ1) is 11.2. The SMILES string of the molecule is O=C(CCc1nnc(-c2ccccc2)o1)Nc1ccc(Cl)cc1. The molecule has 0 unspecified atom stereocenters. The zero-order valence-electron chi connectivity index (χ0n) is 12.2. The molecule has 116 valence electrons. The fourth-order valence-electron chi connectivity index (χ4n) is 2.03. The molecular weight excluding hydrogens is 314 g/mol. The zero-order chi connectivity index (χ0) is 16.1. The monoisotopic (exact) mass is 327 g/mol. The van der Waals surface area contributed by atoms with Gasteiger partial charge >= 0.3 is 0 Å². The van der Waals surface area contributed by atoms with Crippen molar-refractivity contribution in [1.82, 2.24) is 10.2 Å². The van der Waals surface area contributed by atoms with Crippen molar-refractivity contribution in [2.24, 2.45) is 0 Å². The summed E-state index contributed by atoms with van der Waals surface area (Å²) in [4.78, 5) is 11.9. The van der Waals surface area contributed by atoms with Gasteiger partial charge in [0.1, 0.15) is 0 Å². The lowest BCUT2D eigenvalue weighted by Crippen LogP contribution is -2.12. The van der Waals surface area contributed by atoms with Crippen molar-refractivity contribution in [2.45, 2.75) is 12.8 Å². The van der Waals surface area contributed by atoms with Crippen LogP contribution in [-0.2, 0) is 11.2 Å². The van der Waals surface area contributed by atoms with E-state index in [0.717, 1.165) is 5.56 Å². The van der Waals surface area contributed by atoms with Crippen molar-refractivity contribution in [3.8, 4) is 11.5 Å². The third-order valence-corrected chi connectivity index (χ3v) is 3.43. The maximum atomic E-state index is 11.9. The average Bonchev–Trinajstić information content (AvgIpc) is 3.05. The highest BCUT2D eigenvalue weighted by molar-refractivity contribution is 6.30. The number of halogens is 1. The summed E-state index contributed by atoms with van der Waals surface area (Å²) in [5.41, 5.74) is 1.56. The minimum atomic E-state index is -0.119. The summed E-state index contributed by atoms with van der Waals surface area (Å²) in [5, 5.41) is 11.4. The van der Waals surface area contributed by atoms with Crippen LogP contribution in [0.4, 0.5) is 5.69 Å². The number of hydrogen-bond donors (Lipinski definition) is 1. The topological polar surface area (TPSA) is 68.0 Å². The van der Waals surface area contributed by atoms with Gasteiger partial charge in [-0.15, -0.1) is 10.2 Å². The molecule has 1 aromatic heterocycles. The minimum absolute atomic E-state index is 0.119. The van der Waals surface area contributed by atoms with E-state index in [9.17, 15) is 4.79 Å². The lowest BCUT2D eigenvalue weighted by molar-refractivity contribution is -0.116. The molecule has 6 heteroatoms. The molecule has 2 aromatic carbocycles. The van der Waals surface area contributed by atoms with Crippen LogP contribution in [0, 0.1) is 0 Å². The van der Waals surface area contributed by atoms with Gasteiger partial charge in [0.15, 0.2) is 0 Å². The fourth-order valence-corrected chi connectivity index (χ4v) is 2.16. The summed E-state index contributed by atoms with van der Waals surface area (Å²) >= 11 is 5.80. The van der Waals surface area contributed by atoms with E-state index in [1.165, 1.54) is 0 Å². The number of carbonyl (C=O) groups is 1. The lowest BCUT2D eigenvalue weighted by Gasteiger charge is -2.03. The second kappa shape index (κ2) is 7.07. The maximum absolute atomic E-state index is 11.9. The van der Waals surface area contributed by atoms with Crippen molar-refractivity contribution in [2.75, 3.05) is 5.32 Å². The molecule has 1 N–H and O–H groups in total. The van der Waals surface area contributed by atoms with Gasteiger partial charge < -0.3 is 9.73 Å². The highest BCUT2D eigenvalue weighted by atomic mass is 35.5. The molecule has 0 bridgehead atoms. The summed E-state index contributed by atoms with van der Waals surface area (Å²) in [7, 11) is 0. The smallest absolute Gasteiger partial charge is 0.247 e. The Morgan fingerprint density at radius 2 is 1.78 bits per heavy atom. The fraction of sp³-hybridized carbons (Fsp3) is 0.118. The molecule has 1 heterocycles. The molecule has 0 aliphatic heterocycles. The average molecular weight is 328 g/mol. The Hall–Kier alpha value is -2.66. The largest absolute Gasteiger partial charge is 0.421 e. The maximum Gasteiger partial charge on any atom is 0.247 e. The molecule has 0 fully saturated rings. The Labute approximate surface area is 138 Å². The Kier molecular flexibility index (Phi) is 4.68. The highest BCUT2D eigenvalue weighted by Gasteiger charge is 2.10. The minimum Gasteiger partial charge on any atom is -0.421 e. The van der Waals surface area contributed by atoms with Crippen LogP contribution < -0.4 is 5.32 Å². The Bertz CT molecular complexity index is 785. The lowest BCUT2D eigenvalue weighted by atomic mass is 10.2. The first kappa shape index (κ1) is 15.2. The molecule has 0 aliphatic carbocycles. The highest BCUT2D eigenvalue weighted by Crippen LogP contribution is 2.18. The van der Waals surface area contributed by atoms with Crippen LogP contribution in [0.25, 0.3) is 11.5 Å². The normalized spacial score (nSPS) is 10.5. The molecule has 3 aromatic rings. The van der Waals surface area contributed by atoms with Crippen LogP contribution in [0.15, 0.2) is 59.0 Å². The van der Waals surface area contributed by atoms with Crippen molar-refractivity contribution in [1.29, 1.82) is 0 Å². The number of carbonyl (C=O) groups excluding carboxylic acids is 1. The predicted octanol–water partition coefficient (Wildman–Crippen LogP) is 3.96. The second-order valence-electron chi connectivity index (χ2n) is 4.92. The number of nitrogens with zero attached hydrogens (tertiary/aromatic N) is 2. The molecule has 3 rings (SSSR count). The molecule has 0 radical (unpaired) electrons. The number of nitrogens with one attached hydrogen (secondary N) is 1. The quantitative estimate of drug-likeness (QED) is 0.770. The summed E-state index contributed by atoms with van der Waals surface area (Å²) in [6, 6.07) is 16.5. The van der Waals surface area contributed by atoms with Crippen LogP contribution >= 0.6 is 11.6 Å². The summed E-state index contributed by atoms with van der Waals surface area (Å²) in [6.07, 6.45) is 0.651. The summed E-state index contributed by atoms with van der Waals surface area (Å²) in [6.45, 7) is 0. The molecule has 23 heavy (non-hydrogen) atoms. The molecule has 0 aliphatic rings. The number of aromatic nitrogens is 2. The van der Waals surface area contributed by atoms with E-state index in [2.05, 4.69) is 15.5 Å². The summed E-state index contributed by atoms with van der Waals surface area (Å²) in [5.74, 6) is 0.778. The number of aryl methyl sites for hydroxylation is 1. The van der Waals surface area contributed by atoms with Gasteiger partial charge in [0.25, 0.3) is 0 Å². The third-order valence-electron chi connectivity index (χ3n) is 3.18. The first-order valence-corrected chi connectivity index (χ1v) is 7.52. The van der Waals surface area contributed by atoms with Gasteiger partial charge in [-0.3, -0.25) is 4.79 Å². The van der Waals surface area contributed by atoms with Gasteiger partial charge in [0, 0.05) is 29.1 Å². The Morgan fingerprint density at radius 1 is 1.04 bits per heavy atom. The van der Waals surface area contributed by atoms with Gasteiger partial charge in [0.05, 0.1) is 0 Å². The molecule has 0 saturated carbocycles. The Morgan fingerprint density at radius 3 is 2.52 bits per heavy atom. The van der Waals surface area contributed by atoms with Gasteiger partial charge in [-0.1, -0.05) is 29.8 Å². The molecule has 0 spiro atoms. The third kappa shape index (κ3) is 4.17. The van der Waals surface area contributed by atoms with E-state index >= 15 is 0 Å². The number of amides is 1. The molecular formula is C17H14ClN3O2. The number of anilines is 1. The van der Waals surface area contributed by atoms with Crippen molar-refractivity contribution < 1.29 is 9.21 Å². The van der Waals surface area contributed by atoms with E-state index in [-0.39, 0.29) is 12.3 Å². The summed E-state index contributed by atoms with van der Waals surface area (Å²) < 4.78 is 5.57. The van der Waals surface area contributed by atoms with Crippen LogP contribution in [0.5, 0.6) is 0 Å². The van der Waals surface area contributed by atoms with E-state index in [4.69, 9.17) is 16.0 Å². The van der Waals surface area contributed by atoms with Crippen LogP contribution in [0.2, 0.25) is 5.02 Å². The number of hydrogen-bond acceptors (Lipinski definition) is 4.